The van der Waals surface area contributed by atoms with E-state index in [0.717, 1.165) is 17.0 Å². The molecule has 9 nitrogen and oxygen atoms in total. The summed E-state index contributed by atoms with van der Waals surface area (Å²) in [6, 6.07) is 10.0. The first kappa shape index (κ1) is 26.0. The van der Waals surface area contributed by atoms with Crippen molar-refractivity contribution >= 4 is 35.0 Å². The molecule has 0 N–H and O–H groups in total. The lowest BCUT2D eigenvalue weighted by molar-refractivity contribution is -0.149. The predicted octanol–water partition coefficient (Wildman–Crippen LogP) is 4.63. The Bertz CT molecular complexity index is 1430. The van der Waals surface area contributed by atoms with Gasteiger partial charge in [-0.25, -0.2) is 9.37 Å². The van der Waals surface area contributed by atoms with Crippen LogP contribution in [0, 0.1) is 11.7 Å². The molecule has 0 unspecified atom stereocenters. The molecule has 196 valence electrons. The molecule has 0 radical (unpaired) electrons. The second kappa shape index (κ2) is 11.8. The minimum absolute atomic E-state index is 0.194. The van der Waals surface area contributed by atoms with Crippen molar-refractivity contribution in [2.24, 2.45) is 5.92 Å². The Morgan fingerprint density at radius 3 is 2.79 bits per heavy atom. The molecule has 4 aromatic rings. The summed E-state index contributed by atoms with van der Waals surface area (Å²) in [5.74, 6) is -0.232. The molecule has 5 rings (SSSR count). The number of thioether (sulfide) groups is 1. The van der Waals surface area contributed by atoms with Gasteiger partial charge in [0.25, 0.3) is 5.91 Å². The van der Waals surface area contributed by atoms with Gasteiger partial charge < -0.3 is 9.64 Å². The summed E-state index contributed by atoms with van der Waals surface area (Å²) >= 11 is 2.73. The minimum Gasteiger partial charge on any atom is -0.466 e. The maximum absolute atomic E-state index is 14.8. The van der Waals surface area contributed by atoms with E-state index >= 15 is 0 Å². The number of benzene rings is 1. The summed E-state index contributed by atoms with van der Waals surface area (Å²) in [5, 5.41) is 11.6. The summed E-state index contributed by atoms with van der Waals surface area (Å²) in [6.45, 7) is 3.02. The van der Waals surface area contributed by atoms with Crippen LogP contribution in [0.2, 0.25) is 0 Å². The lowest BCUT2D eigenvalue weighted by Crippen LogP contribution is -2.43. The van der Waals surface area contributed by atoms with Crippen molar-refractivity contribution < 1.29 is 18.7 Å². The molecule has 0 saturated carbocycles. The zero-order valence-corrected chi connectivity index (χ0v) is 22.3. The first-order chi connectivity index (χ1) is 18.5. The van der Waals surface area contributed by atoms with E-state index in [-0.39, 0.29) is 17.8 Å². The highest BCUT2D eigenvalue weighted by molar-refractivity contribution is 7.98. The fourth-order valence-corrected chi connectivity index (χ4v) is 6.01. The van der Waals surface area contributed by atoms with Crippen molar-refractivity contribution in [2.45, 2.75) is 30.7 Å². The van der Waals surface area contributed by atoms with Gasteiger partial charge in [-0.1, -0.05) is 23.9 Å². The number of aromatic nitrogens is 5. The summed E-state index contributed by atoms with van der Waals surface area (Å²) in [5.41, 5.74) is 1.44. The van der Waals surface area contributed by atoms with Crippen molar-refractivity contribution in [1.82, 2.24) is 29.6 Å². The Morgan fingerprint density at radius 1 is 1.18 bits per heavy atom. The zero-order valence-electron chi connectivity index (χ0n) is 20.6. The highest BCUT2D eigenvalue weighted by Gasteiger charge is 2.30. The molecule has 1 atom stereocenters. The van der Waals surface area contributed by atoms with E-state index in [4.69, 9.17) is 4.74 Å². The molecule has 1 aromatic carbocycles. The van der Waals surface area contributed by atoms with E-state index in [0.29, 0.717) is 54.2 Å². The maximum atomic E-state index is 14.8. The number of thiazole rings is 1. The van der Waals surface area contributed by atoms with Gasteiger partial charge in [0.05, 0.1) is 24.0 Å². The van der Waals surface area contributed by atoms with E-state index < -0.39 is 5.82 Å². The fraction of sp³-hybridized carbons (Fsp3) is 0.308. The number of hydrogen-bond donors (Lipinski definition) is 0. The van der Waals surface area contributed by atoms with Crippen LogP contribution in [0.1, 0.15) is 35.3 Å². The second-order valence-corrected chi connectivity index (χ2v) is 10.5. The second-order valence-electron chi connectivity index (χ2n) is 8.59. The monoisotopic (exact) mass is 552 g/mol. The Hall–Kier alpha value is -3.64. The molecule has 3 aromatic heterocycles. The number of halogens is 1. The number of carbonyl (C=O) groups excluding carboxylic acids is 2. The van der Waals surface area contributed by atoms with Crippen molar-refractivity contribution in [3.8, 4) is 17.1 Å². The highest BCUT2D eigenvalue weighted by atomic mass is 32.2. The average molecular weight is 553 g/mol. The number of para-hydroxylation sites is 1. The Labute approximate surface area is 227 Å². The molecular formula is C26H25FN6O3S2. The fourth-order valence-electron chi connectivity index (χ4n) is 4.28. The third-order valence-electron chi connectivity index (χ3n) is 6.09. The third kappa shape index (κ3) is 5.60. The Morgan fingerprint density at radius 2 is 2.00 bits per heavy atom. The van der Waals surface area contributed by atoms with Gasteiger partial charge >= 0.3 is 5.97 Å². The molecule has 12 heteroatoms. The molecule has 1 saturated heterocycles. The number of pyridine rings is 1. The molecule has 38 heavy (non-hydrogen) atoms. The molecule has 4 heterocycles. The lowest BCUT2D eigenvalue weighted by Gasteiger charge is -2.31. The quantitative estimate of drug-likeness (QED) is 0.230. The molecule has 1 fully saturated rings. The maximum Gasteiger partial charge on any atom is 0.310 e. The van der Waals surface area contributed by atoms with Gasteiger partial charge in [-0.2, -0.15) is 0 Å². The average Bonchev–Trinajstić information content (AvgIpc) is 3.60. The minimum atomic E-state index is -0.394. The van der Waals surface area contributed by atoms with Gasteiger partial charge in [0.1, 0.15) is 16.5 Å². The topological polar surface area (TPSA) is 103 Å². The van der Waals surface area contributed by atoms with Crippen LogP contribution in [-0.4, -0.2) is 61.2 Å². The highest BCUT2D eigenvalue weighted by Crippen LogP contribution is 2.31. The van der Waals surface area contributed by atoms with Crippen molar-refractivity contribution in [3.05, 3.63) is 70.7 Å². The number of carbonyl (C=O) groups is 2. The molecule has 0 aliphatic carbocycles. The van der Waals surface area contributed by atoms with Crippen LogP contribution in [0.5, 0.6) is 0 Å². The number of likely N-dealkylation sites (tertiary alicyclic amines) is 1. The first-order valence-corrected chi connectivity index (χ1v) is 14.1. The zero-order chi connectivity index (χ0) is 26.5. The lowest BCUT2D eigenvalue weighted by atomic mass is 9.98. The SMILES string of the molecule is CCOC(=O)[C@H]1CCCN(C(=O)c2csc(CSc3nnc(-c4ccncc4)n3-c3ccccc3F)n2)C1. The Kier molecular flexibility index (Phi) is 8.08. The van der Waals surface area contributed by atoms with Crippen LogP contribution in [0.15, 0.2) is 59.3 Å². The van der Waals surface area contributed by atoms with Crippen LogP contribution in [0.4, 0.5) is 4.39 Å². The van der Waals surface area contributed by atoms with Gasteiger partial charge in [0.15, 0.2) is 11.0 Å². The number of rotatable bonds is 8. The summed E-state index contributed by atoms with van der Waals surface area (Å²) in [7, 11) is 0. The van der Waals surface area contributed by atoms with Crippen molar-refractivity contribution in [1.29, 1.82) is 0 Å². The number of esters is 1. The van der Waals surface area contributed by atoms with Gasteiger partial charge in [0, 0.05) is 36.4 Å². The molecule has 0 bridgehead atoms. The molecule has 1 amide bonds. The number of ether oxygens (including phenoxy) is 1. The number of amides is 1. The predicted molar refractivity (Wildman–Crippen MR) is 141 cm³/mol. The van der Waals surface area contributed by atoms with Gasteiger partial charge in [-0.05, 0) is 44.0 Å². The largest absolute Gasteiger partial charge is 0.466 e. The van der Waals surface area contributed by atoms with Crippen LogP contribution >= 0.6 is 23.1 Å². The summed E-state index contributed by atoms with van der Waals surface area (Å²) < 4.78 is 21.6. The van der Waals surface area contributed by atoms with Gasteiger partial charge in [-0.3, -0.25) is 19.1 Å². The van der Waals surface area contributed by atoms with Crippen molar-refractivity contribution in [2.75, 3.05) is 19.7 Å². The Balaban J connectivity index is 1.32. The van der Waals surface area contributed by atoms with E-state index in [2.05, 4.69) is 20.2 Å². The molecule has 0 spiro atoms. The summed E-state index contributed by atoms with van der Waals surface area (Å²) in [4.78, 5) is 35.5. The van der Waals surface area contributed by atoms with Gasteiger partial charge in [-0.15, -0.1) is 21.5 Å². The smallest absolute Gasteiger partial charge is 0.310 e. The molecular weight excluding hydrogens is 527 g/mol. The van der Waals surface area contributed by atoms with Crippen LogP contribution in [0.25, 0.3) is 17.1 Å². The van der Waals surface area contributed by atoms with E-state index in [1.807, 2.05) is 0 Å². The number of piperidine rings is 1. The van der Waals surface area contributed by atoms with Crippen LogP contribution in [0.3, 0.4) is 0 Å². The van der Waals surface area contributed by atoms with E-state index in [1.54, 1.807) is 64.5 Å². The third-order valence-corrected chi connectivity index (χ3v) is 8.06. The number of hydrogen-bond acceptors (Lipinski definition) is 9. The van der Waals surface area contributed by atoms with E-state index in [9.17, 15) is 14.0 Å². The summed E-state index contributed by atoms with van der Waals surface area (Å²) in [6.07, 6.45) is 4.75. The molecule has 1 aliphatic rings. The standard InChI is InChI=1S/C26H25FN6O3S2/c1-2-36-25(35)18-6-5-13-32(14-18)24(34)20-15-37-22(29-20)16-38-26-31-30-23(17-9-11-28-12-10-17)33(26)21-8-4-3-7-19(21)27/h3-4,7-12,15,18H,2,5-6,13-14,16H2,1H3/t18-/m0/s1. The van der Waals surface area contributed by atoms with Gasteiger partial charge in [0.2, 0.25) is 0 Å². The molecule has 1 aliphatic heterocycles. The van der Waals surface area contributed by atoms with Crippen LogP contribution < -0.4 is 0 Å². The first-order valence-electron chi connectivity index (χ1n) is 12.2. The number of nitrogens with zero attached hydrogens (tertiary/aromatic N) is 6. The van der Waals surface area contributed by atoms with Crippen LogP contribution in [-0.2, 0) is 15.3 Å². The van der Waals surface area contributed by atoms with Crippen molar-refractivity contribution in [3.63, 3.8) is 0 Å². The van der Waals surface area contributed by atoms with E-state index in [1.165, 1.54) is 29.2 Å². The normalized spacial score (nSPS) is 15.4.